The zero-order valence-corrected chi connectivity index (χ0v) is 18.4. The maximum atomic E-state index is 12.9. The first-order valence-electron chi connectivity index (χ1n) is 10.5. The molecule has 33 heavy (non-hydrogen) atoms. The van der Waals surface area contributed by atoms with Crippen molar-refractivity contribution in [3.05, 3.63) is 33.7 Å². The third kappa shape index (κ3) is 4.33. The number of rotatable bonds is 6. The van der Waals surface area contributed by atoms with E-state index in [1.165, 1.54) is 13.2 Å². The van der Waals surface area contributed by atoms with Crippen LogP contribution in [0.3, 0.4) is 0 Å². The number of hydrogen-bond donors (Lipinski definition) is 5. The molecule has 11 heteroatoms. The van der Waals surface area contributed by atoms with Crippen molar-refractivity contribution in [2.24, 2.45) is 0 Å². The van der Waals surface area contributed by atoms with Crippen LogP contribution in [0, 0.1) is 0 Å². The van der Waals surface area contributed by atoms with E-state index in [1.807, 2.05) is 0 Å². The Morgan fingerprint density at radius 3 is 2.52 bits per heavy atom. The summed E-state index contributed by atoms with van der Waals surface area (Å²) < 4.78 is 27.9. The maximum absolute atomic E-state index is 12.9. The summed E-state index contributed by atoms with van der Waals surface area (Å²) in [5.41, 5.74) is -0.662. The van der Waals surface area contributed by atoms with Gasteiger partial charge in [-0.05, 0) is 13.8 Å². The van der Waals surface area contributed by atoms with Crippen LogP contribution in [0.25, 0.3) is 11.0 Å². The second kappa shape index (κ2) is 8.84. The Bertz CT molecular complexity index is 1070. The molecule has 0 saturated carbocycles. The van der Waals surface area contributed by atoms with Gasteiger partial charge in [0.15, 0.2) is 11.7 Å². The Labute approximate surface area is 188 Å². The fourth-order valence-corrected chi connectivity index (χ4v) is 4.09. The largest absolute Gasteiger partial charge is 0.495 e. The van der Waals surface area contributed by atoms with Crippen molar-refractivity contribution >= 4 is 11.0 Å². The Morgan fingerprint density at radius 2 is 1.88 bits per heavy atom. The van der Waals surface area contributed by atoms with Gasteiger partial charge in [-0.2, -0.15) is 0 Å². The van der Waals surface area contributed by atoms with Crippen molar-refractivity contribution in [3.8, 4) is 11.5 Å². The summed E-state index contributed by atoms with van der Waals surface area (Å²) >= 11 is 0. The quantitative estimate of drug-likeness (QED) is 0.360. The van der Waals surface area contributed by atoms with Crippen LogP contribution in [0.15, 0.2) is 21.3 Å². The lowest BCUT2D eigenvalue weighted by Crippen LogP contribution is -2.59. The summed E-state index contributed by atoms with van der Waals surface area (Å²) in [6, 6.07) is 2.77. The Morgan fingerprint density at radius 1 is 1.15 bits per heavy atom. The summed E-state index contributed by atoms with van der Waals surface area (Å²) in [5, 5.41) is 49.7. The van der Waals surface area contributed by atoms with E-state index in [2.05, 4.69) is 0 Å². The molecule has 2 aromatic rings. The smallest absolute Gasteiger partial charge is 0.196 e. The van der Waals surface area contributed by atoms with Gasteiger partial charge in [0.1, 0.15) is 65.4 Å². The van der Waals surface area contributed by atoms with Crippen molar-refractivity contribution in [3.63, 3.8) is 0 Å². The van der Waals surface area contributed by atoms with Crippen LogP contribution < -0.4 is 14.9 Å². The third-order valence-corrected chi connectivity index (χ3v) is 5.98. The van der Waals surface area contributed by atoms with E-state index in [-0.39, 0.29) is 23.3 Å². The van der Waals surface area contributed by atoms with Gasteiger partial charge < -0.3 is 48.9 Å². The molecule has 1 aromatic heterocycles. The number of benzene rings is 1. The molecule has 0 spiro atoms. The predicted octanol–water partition coefficient (Wildman–Crippen LogP) is -0.808. The number of aliphatic hydroxyl groups is 5. The lowest BCUT2D eigenvalue weighted by Gasteiger charge is -2.39. The topological polar surface area (TPSA) is 168 Å². The Balaban J connectivity index is 1.61. The van der Waals surface area contributed by atoms with Gasteiger partial charge in [-0.3, -0.25) is 4.79 Å². The van der Waals surface area contributed by atoms with E-state index in [4.69, 9.17) is 23.4 Å². The highest BCUT2D eigenvalue weighted by Gasteiger charge is 2.44. The molecular weight excluding hydrogens is 440 g/mol. The molecule has 5 N–H and O–H groups in total. The van der Waals surface area contributed by atoms with E-state index in [0.717, 1.165) is 0 Å². The van der Waals surface area contributed by atoms with Crippen molar-refractivity contribution < 1.29 is 48.9 Å². The Kier molecular flexibility index (Phi) is 6.40. The Hall–Kier alpha value is -2.25. The SMILES string of the molecule is COc1c2c(cc3oc(CO[C@@H]4O[C@H](CO)[C@@H](O)[C@H](O)[C@H]4O)cc(=O)c13)O[C@H](C(C)(C)O)C2. The molecule has 2 aliphatic rings. The number of ether oxygens (including phenoxy) is 4. The molecule has 0 aliphatic carbocycles. The van der Waals surface area contributed by atoms with Gasteiger partial charge in [-0.25, -0.2) is 0 Å². The zero-order valence-electron chi connectivity index (χ0n) is 18.4. The van der Waals surface area contributed by atoms with Gasteiger partial charge in [-0.15, -0.1) is 0 Å². The summed E-state index contributed by atoms with van der Waals surface area (Å²) in [5.74, 6) is 0.842. The molecule has 11 nitrogen and oxygen atoms in total. The lowest BCUT2D eigenvalue weighted by molar-refractivity contribution is -0.304. The van der Waals surface area contributed by atoms with Crippen LogP contribution in [-0.2, 0) is 22.5 Å². The molecule has 182 valence electrons. The van der Waals surface area contributed by atoms with Gasteiger partial charge in [0, 0.05) is 24.1 Å². The molecule has 1 aromatic carbocycles. The van der Waals surface area contributed by atoms with Crippen molar-refractivity contribution in [2.75, 3.05) is 13.7 Å². The number of aliphatic hydroxyl groups excluding tert-OH is 4. The fourth-order valence-electron chi connectivity index (χ4n) is 4.09. The predicted molar refractivity (Wildman–Crippen MR) is 112 cm³/mol. The van der Waals surface area contributed by atoms with Crippen molar-refractivity contribution in [2.45, 2.75) is 69.3 Å². The van der Waals surface area contributed by atoms with Crippen LogP contribution in [0.1, 0.15) is 25.2 Å². The van der Waals surface area contributed by atoms with Crippen LogP contribution in [-0.4, -0.2) is 81.7 Å². The van der Waals surface area contributed by atoms with E-state index < -0.39 is 54.4 Å². The average molecular weight is 468 g/mol. The average Bonchev–Trinajstić information content (AvgIpc) is 3.20. The summed E-state index contributed by atoms with van der Waals surface area (Å²) in [7, 11) is 1.43. The zero-order chi connectivity index (χ0) is 24.1. The van der Waals surface area contributed by atoms with E-state index in [1.54, 1.807) is 19.9 Å². The van der Waals surface area contributed by atoms with E-state index >= 15 is 0 Å². The maximum Gasteiger partial charge on any atom is 0.196 e. The highest BCUT2D eigenvalue weighted by atomic mass is 16.7. The van der Waals surface area contributed by atoms with Crippen LogP contribution in [0.5, 0.6) is 11.5 Å². The summed E-state index contributed by atoms with van der Waals surface area (Å²) in [4.78, 5) is 12.9. The second-order valence-electron chi connectivity index (χ2n) is 8.81. The van der Waals surface area contributed by atoms with Gasteiger partial charge in [0.25, 0.3) is 0 Å². The minimum absolute atomic E-state index is 0.100. The molecule has 4 rings (SSSR count). The van der Waals surface area contributed by atoms with Crippen LogP contribution in [0.2, 0.25) is 0 Å². The molecule has 0 bridgehead atoms. The first-order chi connectivity index (χ1) is 15.5. The lowest BCUT2D eigenvalue weighted by atomic mass is 9.96. The first kappa shape index (κ1) is 23.9. The highest BCUT2D eigenvalue weighted by Crippen LogP contribution is 2.43. The number of methoxy groups -OCH3 is 1. The summed E-state index contributed by atoms with van der Waals surface area (Å²) in [6.07, 6.45) is -7.33. The van der Waals surface area contributed by atoms with Gasteiger partial charge in [0.2, 0.25) is 0 Å². The molecule has 0 radical (unpaired) electrons. The van der Waals surface area contributed by atoms with Crippen LogP contribution >= 0.6 is 0 Å². The molecule has 1 saturated heterocycles. The molecule has 2 aliphatic heterocycles. The highest BCUT2D eigenvalue weighted by molar-refractivity contribution is 5.87. The first-order valence-corrected chi connectivity index (χ1v) is 10.5. The molecule has 6 atom stereocenters. The minimum atomic E-state index is -1.59. The van der Waals surface area contributed by atoms with Gasteiger partial charge in [-0.1, -0.05) is 0 Å². The van der Waals surface area contributed by atoms with Gasteiger partial charge >= 0.3 is 0 Å². The fraction of sp³-hybridized carbons (Fsp3) is 0.591. The van der Waals surface area contributed by atoms with Crippen LogP contribution in [0.4, 0.5) is 0 Å². The monoisotopic (exact) mass is 468 g/mol. The molecule has 1 fully saturated rings. The summed E-state index contributed by atoms with van der Waals surface area (Å²) in [6.45, 7) is 2.37. The molecular formula is C22H28O11. The van der Waals surface area contributed by atoms with Crippen molar-refractivity contribution in [1.82, 2.24) is 0 Å². The normalized spacial score (nSPS) is 29.7. The number of hydrogen-bond acceptors (Lipinski definition) is 11. The third-order valence-electron chi connectivity index (χ3n) is 5.98. The molecule has 0 unspecified atom stereocenters. The van der Waals surface area contributed by atoms with E-state index in [0.29, 0.717) is 23.5 Å². The van der Waals surface area contributed by atoms with Gasteiger partial charge in [0.05, 0.1) is 19.3 Å². The molecule has 3 heterocycles. The standard InChI is InChI=1S/C22H28O11/c1-22(2,28)15-5-10-12(32-15)6-13-16(20(10)29-3)11(24)4-9(31-13)8-30-21-19(27)18(26)17(25)14(7-23)33-21/h4,6,14-15,17-19,21,23,25-28H,5,7-8H2,1-3H3/t14-,15+,17-,18+,19-,21-/m1/s1. The number of fused-ring (bicyclic) bond motifs is 2. The molecule has 0 amide bonds. The van der Waals surface area contributed by atoms with Crippen molar-refractivity contribution in [1.29, 1.82) is 0 Å². The minimum Gasteiger partial charge on any atom is -0.495 e. The van der Waals surface area contributed by atoms with E-state index in [9.17, 15) is 30.3 Å². The second-order valence-corrected chi connectivity index (χ2v) is 8.81.